The Kier molecular flexibility index (Phi) is 7.28. The minimum atomic E-state index is -0.405. The highest BCUT2D eigenvalue weighted by atomic mass is 32.2. The molecule has 1 amide bonds. The third-order valence-corrected chi connectivity index (χ3v) is 7.71. The normalized spacial score (nSPS) is 17.3. The molecule has 3 heterocycles. The predicted octanol–water partition coefficient (Wildman–Crippen LogP) is 6.65. The summed E-state index contributed by atoms with van der Waals surface area (Å²) >= 11 is 1.37. The van der Waals surface area contributed by atoms with Gasteiger partial charge in [-0.25, -0.2) is 0 Å². The Labute approximate surface area is 221 Å². The topological polar surface area (TPSA) is 83.0 Å². The number of nitrogens with one attached hydrogen (secondary N) is 1. The number of hydrogen-bond donors (Lipinski definition) is 1. The van der Waals surface area contributed by atoms with Gasteiger partial charge in [0.05, 0.1) is 12.1 Å². The van der Waals surface area contributed by atoms with Crippen LogP contribution in [0.1, 0.15) is 57.1 Å². The maximum Gasteiger partial charge on any atom is 0.283 e. The van der Waals surface area contributed by atoms with E-state index in [2.05, 4.69) is 53.6 Å². The number of carbonyl (C=O) groups is 1. The van der Waals surface area contributed by atoms with Crippen LogP contribution in [0.5, 0.6) is 5.75 Å². The number of aliphatic imine (C=N–C) groups is 1. The van der Waals surface area contributed by atoms with Crippen LogP contribution in [0.4, 0.5) is 0 Å². The van der Waals surface area contributed by atoms with Gasteiger partial charge in [-0.15, -0.1) is 0 Å². The van der Waals surface area contributed by atoms with Gasteiger partial charge >= 0.3 is 0 Å². The lowest BCUT2D eigenvalue weighted by Gasteiger charge is -2.20. The van der Waals surface area contributed by atoms with E-state index in [9.17, 15) is 4.79 Å². The number of amidine groups is 2. The highest BCUT2D eigenvalue weighted by Crippen LogP contribution is 2.31. The van der Waals surface area contributed by atoms with E-state index >= 15 is 0 Å². The molecule has 3 aromatic rings. The standard InChI is InChI=1S/C29H31N5O2S/c1-4-8-26-32-34-27(30)24(28(35)31-29(34)37-26)17-21-18-33(25-10-7-6-9-23(21)25)15-16-36-22-13-11-20(12-14-22)19(3)5-2/h6-7,9-14,17-19,30H,4-5,8,15-16H2,1-3H3. The van der Waals surface area contributed by atoms with E-state index in [1.807, 2.05) is 36.5 Å². The Morgan fingerprint density at radius 3 is 2.68 bits per heavy atom. The van der Waals surface area contributed by atoms with E-state index < -0.39 is 5.91 Å². The molecule has 1 atom stereocenters. The molecule has 1 N–H and O–H groups in total. The Bertz CT molecular complexity index is 1430. The monoisotopic (exact) mass is 513 g/mol. The molecule has 0 bridgehead atoms. The van der Waals surface area contributed by atoms with Gasteiger partial charge in [0.1, 0.15) is 17.4 Å². The summed E-state index contributed by atoms with van der Waals surface area (Å²) in [5, 5.41) is 17.0. The lowest BCUT2D eigenvalue weighted by Crippen LogP contribution is -2.35. The third-order valence-electron chi connectivity index (χ3n) is 6.74. The third kappa shape index (κ3) is 5.11. The van der Waals surface area contributed by atoms with Crippen LogP contribution in [0.15, 0.2) is 70.4 Å². The fraction of sp³-hybridized carbons (Fsp3) is 0.310. The molecule has 0 saturated heterocycles. The summed E-state index contributed by atoms with van der Waals surface area (Å²) < 4.78 is 8.16. The molecule has 2 aromatic carbocycles. The number of carbonyl (C=O) groups excluding carboxylic acids is 1. The number of thioether (sulfide) groups is 1. The lowest BCUT2D eigenvalue weighted by molar-refractivity contribution is -0.114. The first-order chi connectivity index (χ1) is 18.0. The number of aromatic nitrogens is 1. The Morgan fingerprint density at radius 1 is 1.14 bits per heavy atom. The number of benzene rings is 2. The van der Waals surface area contributed by atoms with E-state index in [1.54, 1.807) is 6.08 Å². The van der Waals surface area contributed by atoms with Gasteiger partial charge in [0, 0.05) is 22.7 Å². The minimum absolute atomic E-state index is 0.0644. The molecular weight excluding hydrogens is 482 g/mol. The Morgan fingerprint density at radius 2 is 1.92 bits per heavy atom. The van der Waals surface area contributed by atoms with Gasteiger partial charge < -0.3 is 9.30 Å². The quantitative estimate of drug-likeness (QED) is 0.325. The second-order valence-electron chi connectivity index (χ2n) is 9.29. The lowest BCUT2D eigenvalue weighted by atomic mass is 9.99. The number of fused-ring (bicyclic) bond motifs is 2. The number of rotatable bonds is 9. The molecule has 2 aliphatic rings. The fourth-order valence-electron chi connectivity index (χ4n) is 4.47. The SMILES string of the molecule is CCCC1=NN2C(=N)C(=Cc3cn(CCOc4ccc(C(C)CC)cc4)c4ccccc34)C(=O)N=C2S1. The highest BCUT2D eigenvalue weighted by molar-refractivity contribution is 8.26. The van der Waals surface area contributed by atoms with Crippen LogP contribution in [-0.2, 0) is 11.3 Å². The van der Waals surface area contributed by atoms with Crippen molar-refractivity contribution in [1.82, 2.24) is 9.58 Å². The first kappa shape index (κ1) is 25.0. The van der Waals surface area contributed by atoms with Gasteiger partial charge in [-0.05, 0) is 66.8 Å². The van der Waals surface area contributed by atoms with Crippen molar-refractivity contribution in [3.05, 3.63) is 71.4 Å². The number of hydrogen-bond acceptors (Lipinski definition) is 5. The average Bonchev–Trinajstić information content (AvgIpc) is 3.48. The molecule has 0 spiro atoms. The molecule has 8 heteroatoms. The van der Waals surface area contributed by atoms with Crippen LogP contribution in [0.3, 0.4) is 0 Å². The first-order valence-electron chi connectivity index (χ1n) is 12.8. The van der Waals surface area contributed by atoms with Crippen LogP contribution in [0.25, 0.3) is 17.0 Å². The molecule has 2 aliphatic heterocycles. The summed E-state index contributed by atoms with van der Waals surface area (Å²) in [6.45, 7) is 7.67. The summed E-state index contributed by atoms with van der Waals surface area (Å²) in [4.78, 5) is 17.1. The number of para-hydroxylation sites is 1. The second kappa shape index (κ2) is 10.8. The molecule has 1 aromatic heterocycles. The van der Waals surface area contributed by atoms with Gasteiger partial charge in [0.25, 0.3) is 5.91 Å². The van der Waals surface area contributed by atoms with Crippen molar-refractivity contribution < 1.29 is 9.53 Å². The molecule has 0 aliphatic carbocycles. The van der Waals surface area contributed by atoms with Crippen LogP contribution in [-0.4, -0.2) is 38.1 Å². The predicted molar refractivity (Wildman–Crippen MR) is 152 cm³/mol. The molecular formula is C29H31N5O2S. The molecule has 5 rings (SSSR count). The largest absolute Gasteiger partial charge is 0.492 e. The van der Waals surface area contributed by atoms with Gasteiger partial charge in [-0.2, -0.15) is 15.1 Å². The summed E-state index contributed by atoms with van der Waals surface area (Å²) in [5.41, 5.74) is 3.48. The number of hydrazone groups is 1. The van der Waals surface area contributed by atoms with Crippen LogP contribution >= 0.6 is 11.8 Å². The van der Waals surface area contributed by atoms with E-state index in [4.69, 9.17) is 10.1 Å². The zero-order chi connectivity index (χ0) is 25.9. The van der Waals surface area contributed by atoms with Gasteiger partial charge in [-0.1, -0.05) is 51.1 Å². The van der Waals surface area contributed by atoms with Crippen molar-refractivity contribution in [2.75, 3.05) is 6.61 Å². The van der Waals surface area contributed by atoms with Crippen molar-refractivity contribution in [3.8, 4) is 5.75 Å². The maximum absolute atomic E-state index is 12.9. The maximum atomic E-state index is 12.9. The van der Waals surface area contributed by atoms with E-state index in [-0.39, 0.29) is 11.4 Å². The smallest absolute Gasteiger partial charge is 0.283 e. The molecule has 0 saturated carbocycles. The zero-order valence-corrected chi connectivity index (χ0v) is 22.2. The molecule has 37 heavy (non-hydrogen) atoms. The van der Waals surface area contributed by atoms with Crippen molar-refractivity contribution >= 4 is 50.7 Å². The van der Waals surface area contributed by atoms with Crippen molar-refractivity contribution in [3.63, 3.8) is 0 Å². The van der Waals surface area contributed by atoms with Gasteiger partial charge in [-0.3, -0.25) is 10.2 Å². The Hall–Kier alpha value is -3.65. The Balaban J connectivity index is 1.36. The summed E-state index contributed by atoms with van der Waals surface area (Å²) in [5.74, 6) is 1.05. The first-order valence-corrected chi connectivity index (χ1v) is 13.6. The van der Waals surface area contributed by atoms with Crippen LogP contribution in [0, 0.1) is 5.41 Å². The molecule has 190 valence electrons. The summed E-state index contributed by atoms with van der Waals surface area (Å²) in [6.07, 6.45) is 6.64. The number of nitrogens with zero attached hydrogens (tertiary/aromatic N) is 4. The molecule has 7 nitrogen and oxygen atoms in total. The molecule has 1 unspecified atom stereocenters. The molecule has 0 fully saturated rings. The number of ether oxygens (including phenoxy) is 1. The number of amides is 1. The van der Waals surface area contributed by atoms with Crippen molar-refractivity contribution in [2.45, 2.75) is 52.5 Å². The van der Waals surface area contributed by atoms with Crippen LogP contribution < -0.4 is 4.74 Å². The summed E-state index contributed by atoms with van der Waals surface area (Å²) in [6, 6.07) is 16.4. The summed E-state index contributed by atoms with van der Waals surface area (Å²) in [7, 11) is 0. The van der Waals surface area contributed by atoms with E-state index in [0.717, 1.165) is 46.5 Å². The van der Waals surface area contributed by atoms with Crippen molar-refractivity contribution in [2.24, 2.45) is 10.1 Å². The second-order valence-corrected chi connectivity index (χ2v) is 10.3. The zero-order valence-electron chi connectivity index (χ0n) is 21.4. The van der Waals surface area contributed by atoms with Gasteiger partial charge in [0.2, 0.25) is 5.17 Å². The van der Waals surface area contributed by atoms with E-state index in [1.165, 1.54) is 22.3 Å². The van der Waals surface area contributed by atoms with Crippen LogP contribution in [0.2, 0.25) is 0 Å². The molecule has 0 radical (unpaired) electrons. The fourth-order valence-corrected chi connectivity index (χ4v) is 5.45. The average molecular weight is 514 g/mol. The highest BCUT2D eigenvalue weighted by Gasteiger charge is 2.35. The minimum Gasteiger partial charge on any atom is -0.492 e. The van der Waals surface area contributed by atoms with E-state index in [0.29, 0.717) is 24.2 Å². The van der Waals surface area contributed by atoms with Gasteiger partial charge in [0.15, 0.2) is 5.84 Å². The van der Waals surface area contributed by atoms with Crippen molar-refractivity contribution in [1.29, 1.82) is 5.41 Å².